The van der Waals surface area contributed by atoms with Crippen LogP contribution in [0.2, 0.25) is 0 Å². The molecule has 1 aromatic rings. The van der Waals surface area contributed by atoms with Crippen molar-refractivity contribution in [3.63, 3.8) is 0 Å². The molecule has 0 aliphatic carbocycles. The van der Waals surface area contributed by atoms with Crippen LogP contribution in [0.25, 0.3) is 0 Å². The van der Waals surface area contributed by atoms with E-state index in [-0.39, 0.29) is 12.2 Å². The van der Waals surface area contributed by atoms with E-state index in [0.717, 1.165) is 0 Å². The van der Waals surface area contributed by atoms with E-state index < -0.39 is 11.6 Å². The van der Waals surface area contributed by atoms with Crippen molar-refractivity contribution in [2.45, 2.75) is 18.9 Å². The minimum absolute atomic E-state index is 0.288. The first-order valence-corrected chi connectivity index (χ1v) is 4.86. The molecule has 0 radical (unpaired) electrons. The fraction of sp³-hybridized carbons (Fsp3) is 0.333. The van der Waals surface area contributed by atoms with Crippen molar-refractivity contribution in [1.29, 1.82) is 0 Å². The standard InChI is InChI=1S/C12H14O4/c1-12(15,11(14)16-2)8-10(13)9-6-4-3-5-7-9/h3-7,15H,8H2,1-2H3/t12-/m1/s1. The van der Waals surface area contributed by atoms with E-state index in [4.69, 9.17) is 0 Å². The largest absolute Gasteiger partial charge is 0.467 e. The molecule has 0 bridgehead atoms. The first-order chi connectivity index (χ1) is 7.47. The third-order valence-electron chi connectivity index (χ3n) is 2.23. The number of ether oxygens (including phenoxy) is 1. The molecule has 0 heterocycles. The Morgan fingerprint density at radius 2 is 1.88 bits per heavy atom. The molecule has 0 spiro atoms. The molecular formula is C12H14O4. The summed E-state index contributed by atoms with van der Waals surface area (Å²) in [5.41, 5.74) is -1.31. The highest BCUT2D eigenvalue weighted by atomic mass is 16.5. The molecule has 0 aromatic heterocycles. The second kappa shape index (κ2) is 4.90. The molecule has 0 unspecified atom stereocenters. The molecule has 1 N–H and O–H groups in total. The molecular weight excluding hydrogens is 208 g/mol. The van der Waals surface area contributed by atoms with Gasteiger partial charge in [0.15, 0.2) is 11.4 Å². The maximum Gasteiger partial charge on any atom is 0.338 e. The van der Waals surface area contributed by atoms with Crippen LogP contribution in [0.15, 0.2) is 30.3 Å². The Hall–Kier alpha value is -1.68. The zero-order valence-corrected chi connectivity index (χ0v) is 9.27. The van der Waals surface area contributed by atoms with Gasteiger partial charge >= 0.3 is 5.97 Å². The number of ketones is 1. The van der Waals surface area contributed by atoms with Crippen molar-refractivity contribution < 1.29 is 19.4 Å². The van der Waals surface area contributed by atoms with Crippen LogP contribution >= 0.6 is 0 Å². The molecule has 0 fully saturated rings. The summed E-state index contributed by atoms with van der Waals surface area (Å²) in [6, 6.07) is 8.50. The summed E-state index contributed by atoms with van der Waals surface area (Å²) in [7, 11) is 1.17. The molecule has 0 saturated carbocycles. The summed E-state index contributed by atoms with van der Waals surface area (Å²) in [5.74, 6) is -1.10. The fourth-order valence-electron chi connectivity index (χ4n) is 1.33. The van der Waals surface area contributed by atoms with Crippen molar-refractivity contribution in [2.24, 2.45) is 0 Å². The third-order valence-corrected chi connectivity index (χ3v) is 2.23. The normalized spacial score (nSPS) is 13.9. The van der Waals surface area contributed by atoms with Gasteiger partial charge in [-0.05, 0) is 6.92 Å². The van der Waals surface area contributed by atoms with Gasteiger partial charge in [-0.25, -0.2) is 4.79 Å². The van der Waals surface area contributed by atoms with Crippen molar-refractivity contribution in [1.82, 2.24) is 0 Å². The topological polar surface area (TPSA) is 63.6 Å². The lowest BCUT2D eigenvalue weighted by atomic mass is 9.96. The zero-order valence-electron chi connectivity index (χ0n) is 9.27. The smallest absolute Gasteiger partial charge is 0.338 e. The minimum Gasteiger partial charge on any atom is -0.467 e. The van der Waals surface area contributed by atoms with Crippen LogP contribution in [-0.4, -0.2) is 29.6 Å². The predicted molar refractivity (Wildman–Crippen MR) is 58.0 cm³/mol. The number of hydrogen-bond acceptors (Lipinski definition) is 4. The van der Waals surface area contributed by atoms with Crippen molar-refractivity contribution >= 4 is 11.8 Å². The van der Waals surface area contributed by atoms with Crippen molar-refractivity contribution in [3.8, 4) is 0 Å². The van der Waals surface area contributed by atoms with Gasteiger partial charge in [-0.2, -0.15) is 0 Å². The van der Waals surface area contributed by atoms with Gasteiger partial charge in [0.1, 0.15) is 0 Å². The first kappa shape index (κ1) is 12.4. The maximum atomic E-state index is 11.7. The number of aliphatic hydroxyl groups is 1. The van der Waals surface area contributed by atoms with Crippen LogP contribution in [0, 0.1) is 0 Å². The molecule has 16 heavy (non-hydrogen) atoms. The van der Waals surface area contributed by atoms with Crippen molar-refractivity contribution in [2.75, 3.05) is 7.11 Å². The third kappa shape index (κ3) is 2.90. The summed E-state index contributed by atoms with van der Waals surface area (Å²) in [6.07, 6.45) is -0.288. The number of carbonyl (C=O) groups excluding carboxylic acids is 2. The quantitative estimate of drug-likeness (QED) is 0.613. The molecule has 1 aromatic carbocycles. The number of Topliss-reactive ketones (excluding diaryl/α,β-unsaturated/α-hetero) is 1. The number of methoxy groups -OCH3 is 1. The van der Waals surface area contributed by atoms with Gasteiger partial charge in [-0.1, -0.05) is 30.3 Å². The second-order valence-corrected chi connectivity index (χ2v) is 3.73. The average molecular weight is 222 g/mol. The Labute approximate surface area is 93.9 Å². The lowest BCUT2D eigenvalue weighted by Gasteiger charge is -2.18. The number of esters is 1. The van der Waals surface area contributed by atoms with Gasteiger partial charge in [0, 0.05) is 5.56 Å². The Balaban J connectivity index is 2.76. The van der Waals surface area contributed by atoms with Crippen LogP contribution in [0.4, 0.5) is 0 Å². The summed E-state index contributed by atoms with van der Waals surface area (Å²) in [4.78, 5) is 22.9. The zero-order chi connectivity index (χ0) is 12.2. The average Bonchev–Trinajstić information content (AvgIpc) is 2.28. The van der Waals surface area contributed by atoms with Gasteiger partial charge in [-0.3, -0.25) is 4.79 Å². The number of benzene rings is 1. The van der Waals surface area contributed by atoms with Crippen LogP contribution in [0.1, 0.15) is 23.7 Å². The summed E-state index contributed by atoms with van der Waals surface area (Å²) in [5, 5.41) is 9.72. The summed E-state index contributed by atoms with van der Waals surface area (Å²) < 4.78 is 4.41. The molecule has 0 aliphatic rings. The number of carbonyl (C=O) groups is 2. The monoisotopic (exact) mass is 222 g/mol. The van der Waals surface area contributed by atoms with Crippen LogP contribution in [0.5, 0.6) is 0 Å². The fourth-order valence-corrected chi connectivity index (χ4v) is 1.33. The van der Waals surface area contributed by atoms with Crippen LogP contribution in [-0.2, 0) is 9.53 Å². The molecule has 0 aliphatic heterocycles. The highest BCUT2D eigenvalue weighted by Gasteiger charge is 2.34. The SMILES string of the molecule is COC(=O)[C@](C)(O)CC(=O)c1ccccc1. The summed E-state index contributed by atoms with van der Waals surface area (Å²) >= 11 is 0. The Kier molecular flexibility index (Phi) is 3.79. The predicted octanol–water partition coefficient (Wildman–Crippen LogP) is 1.18. The van der Waals surface area contributed by atoms with E-state index in [1.165, 1.54) is 14.0 Å². The summed E-state index contributed by atoms with van der Waals surface area (Å²) in [6.45, 7) is 1.26. The van der Waals surface area contributed by atoms with E-state index in [2.05, 4.69) is 4.74 Å². The van der Waals surface area contributed by atoms with Gasteiger partial charge in [-0.15, -0.1) is 0 Å². The van der Waals surface area contributed by atoms with Crippen molar-refractivity contribution in [3.05, 3.63) is 35.9 Å². The van der Waals surface area contributed by atoms with E-state index in [1.54, 1.807) is 30.3 Å². The van der Waals surface area contributed by atoms with Gasteiger partial charge in [0.25, 0.3) is 0 Å². The van der Waals surface area contributed by atoms with Gasteiger partial charge in [0.2, 0.25) is 0 Å². The molecule has 4 nitrogen and oxygen atoms in total. The maximum absolute atomic E-state index is 11.7. The molecule has 0 saturated heterocycles. The molecule has 4 heteroatoms. The number of hydrogen-bond donors (Lipinski definition) is 1. The Bertz CT molecular complexity index is 381. The first-order valence-electron chi connectivity index (χ1n) is 4.86. The highest BCUT2D eigenvalue weighted by Crippen LogP contribution is 2.15. The molecule has 86 valence electrons. The minimum atomic E-state index is -1.78. The van der Waals surface area contributed by atoms with E-state index in [9.17, 15) is 14.7 Å². The van der Waals surface area contributed by atoms with Crippen LogP contribution in [0.3, 0.4) is 0 Å². The van der Waals surface area contributed by atoms with E-state index in [1.807, 2.05) is 0 Å². The Morgan fingerprint density at radius 1 is 1.31 bits per heavy atom. The van der Waals surface area contributed by atoms with E-state index in [0.29, 0.717) is 5.56 Å². The lowest BCUT2D eigenvalue weighted by Crippen LogP contribution is -2.38. The highest BCUT2D eigenvalue weighted by molar-refractivity contribution is 5.99. The molecule has 1 atom stereocenters. The van der Waals surface area contributed by atoms with E-state index >= 15 is 0 Å². The van der Waals surface area contributed by atoms with Gasteiger partial charge < -0.3 is 9.84 Å². The lowest BCUT2D eigenvalue weighted by molar-refractivity contribution is -0.160. The Morgan fingerprint density at radius 3 is 2.38 bits per heavy atom. The molecule has 0 amide bonds. The number of rotatable bonds is 4. The molecule has 1 rings (SSSR count). The van der Waals surface area contributed by atoms with Gasteiger partial charge in [0.05, 0.1) is 13.5 Å². The second-order valence-electron chi connectivity index (χ2n) is 3.73. The van der Waals surface area contributed by atoms with Crippen LogP contribution < -0.4 is 0 Å².